The second-order valence-electron chi connectivity index (χ2n) is 3.41. The molecule has 0 spiro atoms. The van der Waals surface area contributed by atoms with Crippen molar-refractivity contribution in [2.24, 2.45) is 5.92 Å². The molecule has 6 heteroatoms. The molecule has 0 N–H and O–H groups in total. The molecule has 0 saturated carbocycles. The van der Waals surface area contributed by atoms with Crippen molar-refractivity contribution in [1.29, 1.82) is 0 Å². The highest BCUT2D eigenvalue weighted by atomic mass is 32.2. The van der Waals surface area contributed by atoms with Crippen LogP contribution in [-0.2, 0) is 10.5 Å². The molecule has 1 rings (SSSR count). The van der Waals surface area contributed by atoms with E-state index in [1.54, 1.807) is 30.3 Å². The van der Waals surface area contributed by atoms with Crippen LogP contribution in [0.5, 0.6) is 0 Å². The van der Waals surface area contributed by atoms with Crippen LogP contribution in [-0.4, -0.2) is 17.9 Å². The van der Waals surface area contributed by atoms with Gasteiger partial charge in [0.05, 0.1) is 5.97 Å². The van der Waals surface area contributed by atoms with Crippen LogP contribution in [0.25, 0.3) is 0 Å². The zero-order valence-electron chi connectivity index (χ0n) is 8.74. The normalized spacial score (nSPS) is 13.4. The van der Waals surface area contributed by atoms with Crippen LogP contribution in [0, 0.1) is 5.92 Å². The fourth-order valence-corrected chi connectivity index (χ4v) is 2.27. The minimum atomic E-state index is -4.75. The molecule has 17 heavy (non-hydrogen) atoms. The SMILES string of the molecule is O=C([O-])C(CSCc1ccccc1)C(F)(F)F. The van der Waals surface area contributed by atoms with Crippen molar-refractivity contribution in [2.45, 2.75) is 11.9 Å². The number of carbonyl (C=O) groups excluding carboxylic acids is 1. The van der Waals surface area contributed by atoms with Crippen molar-refractivity contribution in [2.75, 3.05) is 5.75 Å². The van der Waals surface area contributed by atoms with Crippen molar-refractivity contribution in [1.82, 2.24) is 0 Å². The number of hydrogen-bond donors (Lipinski definition) is 0. The molecule has 0 aliphatic rings. The van der Waals surface area contributed by atoms with Crippen molar-refractivity contribution >= 4 is 17.7 Å². The van der Waals surface area contributed by atoms with E-state index >= 15 is 0 Å². The van der Waals surface area contributed by atoms with Gasteiger partial charge in [0.2, 0.25) is 0 Å². The van der Waals surface area contributed by atoms with Crippen LogP contribution < -0.4 is 5.11 Å². The van der Waals surface area contributed by atoms with Gasteiger partial charge in [-0.1, -0.05) is 30.3 Å². The molecule has 0 aliphatic heterocycles. The molecular formula is C11H10F3O2S-. The lowest BCUT2D eigenvalue weighted by Gasteiger charge is -2.20. The molecule has 0 heterocycles. The standard InChI is InChI=1S/C11H11F3O2S/c12-11(13,14)9(10(15)16)7-17-6-8-4-2-1-3-5-8/h1-5,9H,6-7H2,(H,15,16)/p-1. The van der Waals surface area contributed by atoms with Crippen LogP contribution in [0.3, 0.4) is 0 Å². The number of carbonyl (C=O) groups is 1. The van der Waals surface area contributed by atoms with Gasteiger partial charge in [-0.25, -0.2) is 0 Å². The Morgan fingerprint density at radius 3 is 2.35 bits per heavy atom. The predicted molar refractivity (Wildman–Crippen MR) is 57.2 cm³/mol. The zero-order valence-corrected chi connectivity index (χ0v) is 9.55. The first kappa shape index (κ1) is 13.9. The van der Waals surface area contributed by atoms with E-state index in [9.17, 15) is 23.1 Å². The molecule has 1 aromatic rings. The van der Waals surface area contributed by atoms with E-state index in [4.69, 9.17) is 0 Å². The van der Waals surface area contributed by atoms with E-state index in [0.29, 0.717) is 5.75 Å². The first-order valence-electron chi connectivity index (χ1n) is 4.80. The summed E-state index contributed by atoms with van der Waals surface area (Å²) in [5, 5.41) is 10.3. The topological polar surface area (TPSA) is 40.1 Å². The minimum absolute atomic E-state index is 0.348. The Bertz CT molecular complexity index is 365. The molecule has 0 fully saturated rings. The number of benzene rings is 1. The van der Waals surface area contributed by atoms with Crippen molar-refractivity contribution in [3.63, 3.8) is 0 Å². The third-order valence-electron chi connectivity index (χ3n) is 2.08. The number of hydrogen-bond acceptors (Lipinski definition) is 3. The lowest BCUT2D eigenvalue weighted by molar-refractivity contribution is -0.324. The summed E-state index contributed by atoms with van der Waals surface area (Å²) in [6.07, 6.45) is -4.75. The summed E-state index contributed by atoms with van der Waals surface area (Å²) in [5.74, 6) is -4.66. The number of carboxylic acids is 1. The fraction of sp³-hybridized carbons (Fsp3) is 0.364. The number of rotatable bonds is 5. The maximum Gasteiger partial charge on any atom is 0.397 e. The second kappa shape index (κ2) is 5.95. The van der Waals surface area contributed by atoms with Gasteiger partial charge in [0, 0.05) is 11.5 Å². The van der Waals surface area contributed by atoms with E-state index in [2.05, 4.69) is 0 Å². The summed E-state index contributed by atoms with van der Waals surface area (Å²) in [7, 11) is 0. The number of halogens is 3. The van der Waals surface area contributed by atoms with Crippen molar-refractivity contribution in [3.05, 3.63) is 35.9 Å². The van der Waals surface area contributed by atoms with Crippen LogP contribution in [0.2, 0.25) is 0 Å². The largest absolute Gasteiger partial charge is 0.549 e. The Kier molecular flexibility index (Phi) is 4.86. The smallest absolute Gasteiger partial charge is 0.397 e. The van der Waals surface area contributed by atoms with Crippen molar-refractivity contribution in [3.8, 4) is 0 Å². The Balaban J connectivity index is 2.46. The average molecular weight is 263 g/mol. The molecular weight excluding hydrogens is 253 g/mol. The van der Waals surface area contributed by atoms with Gasteiger partial charge >= 0.3 is 6.18 Å². The molecule has 2 nitrogen and oxygen atoms in total. The van der Waals surface area contributed by atoms with Gasteiger partial charge in [-0.3, -0.25) is 0 Å². The van der Waals surface area contributed by atoms with Gasteiger partial charge in [-0.2, -0.15) is 24.9 Å². The van der Waals surface area contributed by atoms with Crippen molar-refractivity contribution < 1.29 is 23.1 Å². The Morgan fingerprint density at radius 1 is 1.29 bits per heavy atom. The Morgan fingerprint density at radius 2 is 1.88 bits per heavy atom. The summed E-state index contributed by atoms with van der Waals surface area (Å²) in [6, 6.07) is 8.89. The van der Waals surface area contributed by atoms with Gasteiger partial charge < -0.3 is 9.90 Å². The summed E-state index contributed by atoms with van der Waals surface area (Å²) in [6.45, 7) is 0. The lowest BCUT2D eigenvalue weighted by atomic mass is 10.2. The van der Waals surface area contributed by atoms with Gasteiger partial charge in [0.1, 0.15) is 5.92 Å². The van der Waals surface area contributed by atoms with E-state index < -0.39 is 23.8 Å². The van der Waals surface area contributed by atoms with E-state index in [1.165, 1.54) is 0 Å². The van der Waals surface area contributed by atoms with Gasteiger partial charge in [0.15, 0.2) is 0 Å². The van der Waals surface area contributed by atoms with E-state index in [0.717, 1.165) is 17.3 Å². The van der Waals surface area contributed by atoms with Crippen LogP contribution in [0.1, 0.15) is 5.56 Å². The van der Waals surface area contributed by atoms with Gasteiger partial charge in [0.25, 0.3) is 0 Å². The van der Waals surface area contributed by atoms with Gasteiger partial charge in [-0.05, 0) is 5.56 Å². The quantitative estimate of drug-likeness (QED) is 0.814. The molecule has 0 aliphatic carbocycles. The maximum atomic E-state index is 12.3. The monoisotopic (exact) mass is 263 g/mol. The predicted octanol–water partition coefficient (Wildman–Crippen LogP) is 1.85. The Labute approximate surface area is 101 Å². The van der Waals surface area contributed by atoms with Crippen LogP contribution >= 0.6 is 11.8 Å². The molecule has 0 amide bonds. The second-order valence-corrected chi connectivity index (χ2v) is 4.44. The lowest BCUT2D eigenvalue weighted by Crippen LogP contribution is -2.42. The first-order valence-corrected chi connectivity index (χ1v) is 5.96. The molecule has 0 aromatic heterocycles. The summed E-state index contributed by atoms with van der Waals surface area (Å²) in [4.78, 5) is 10.3. The average Bonchev–Trinajstić information content (AvgIpc) is 2.23. The first-order chi connectivity index (χ1) is 7.91. The molecule has 1 aromatic carbocycles. The third-order valence-corrected chi connectivity index (χ3v) is 3.18. The molecule has 0 radical (unpaired) electrons. The van der Waals surface area contributed by atoms with E-state index in [1.807, 2.05) is 0 Å². The number of alkyl halides is 3. The molecule has 0 bridgehead atoms. The highest BCUT2D eigenvalue weighted by Gasteiger charge is 2.40. The third kappa shape index (κ3) is 4.68. The number of thioether (sulfide) groups is 1. The molecule has 1 unspecified atom stereocenters. The molecule has 1 atom stereocenters. The fourth-order valence-electron chi connectivity index (χ4n) is 1.17. The van der Waals surface area contributed by atoms with Crippen LogP contribution in [0.4, 0.5) is 13.2 Å². The molecule has 94 valence electrons. The summed E-state index contributed by atoms with van der Waals surface area (Å²) >= 11 is 0.929. The maximum absolute atomic E-state index is 12.3. The van der Waals surface area contributed by atoms with Gasteiger partial charge in [-0.15, -0.1) is 0 Å². The number of carboxylic acid groups (broad SMARTS) is 1. The van der Waals surface area contributed by atoms with E-state index in [-0.39, 0.29) is 0 Å². The van der Waals surface area contributed by atoms with Crippen LogP contribution in [0.15, 0.2) is 30.3 Å². The summed E-state index contributed by atoms with van der Waals surface area (Å²) in [5.41, 5.74) is 0.858. The Hall–Kier alpha value is -1.17. The minimum Gasteiger partial charge on any atom is -0.549 e. The highest BCUT2D eigenvalue weighted by molar-refractivity contribution is 7.98. The number of aliphatic carboxylic acids is 1. The molecule has 0 saturated heterocycles. The zero-order chi connectivity index (χ0) is 12.9. The summed E-state index contributed by atoms with van der Waals surface area (Å²) < 4.78 is 36.8. The highest BCUT2D eigenvalue weighted by Crippen LogP contribution is 2.29.